The Kier molecular flexibility index (Phi) is 6.63. The van der Waals surface area contributed by atoms with Crippen LogP contribution in [0.2, 0.25) is 0 Å². The molecule has 3 heterocycles. The van der Waals surface area contributed by atoms with Gasteiger partial charge in [0.2, 0.25) is 6.29 Å². The molecule has 6 rings (SSSR count). The number of piperidine rings is 2. The van der Waals surface area contributed by atoms with Gasteiger partial charge in [0.05, 0.1) is 17.8 Å². The number of aliphatic hydroxyl groups excluding tert-OH is 1. The zero-order chi connectivity index (χ0) is 23.9. The van der Waals surface area contributed by atoms with E-state index in [1.54, 1.807) is 4.57 Å². The second-order valence-corrected chi connectivity index (χ2v) is 11.6. The van der Waals surface area contributed by atoms with Gasteiger partial charge in [-0.2, -0.15) is 0 Å². The first-order chi connectivity index (χ1) is 17.1. The standard InChI is InChI=1S/C29H40N3O3/c1-2-35-29(34)27-30-26-13-6-5-12-25(26)28(33)32(27)24-17-21-10-7-11-22(18-24)31(21)23-15-19-8-3-4-9-20(14-19)16-23/h5-6,12-13,19-24,29,34H,1-4,7-11,14-18H2/q+1. The van der Waals surface area contributed by atoms with Crippen molar-refractivity contribution in [1.82, 2.24) is 14.5 Å². The fourth-order valence-corrected chi connectivity index (χ4v) is 8.18. The maximum absolute atomic E-state index is 13.8. The van der Waals surface area contributed by atoms with Crippen molar-refractivity contribution >= 4 is 10.9 Å². The van der Waals surface area contributed by atoms with Crippen molar-refractivity contribution in [1.29, 1.82) is 0 Å². The first kappa shape index (κ1) is 23.5. The number of nitrogens with zero attached hydrogens (tertiary/aromatic N) is 3. The SMILES string of the molecule is [CH2+]COC(O)c1nc2ccccc2c(=O)n1C1CC2CCCC(C1)N2C1CC2CCCCC(C2)C1. The van der Waals surface area contributed by atoms with Gasteiger partial charge in [0.15, 0.2) is 12.4 Å². The molecule has 0 spiro atoms. The predicted octanol–water partition coefficient (Wildman–Crippen LogP) is 5.15. The van der Waals surface area contributed by atoms with Crippen LogP contribution in [0.25, 0.3) is 10.9 Å². The molecule has 1 aromatic heterocycles. The van der Waals surface area contributed by atoms with E-state index in [1.165, 1.54) is 64.2 Å². The van der Waals surface area contributed by atoms with Crippen LogP contribution in [0.1, 0.15) is 95.2 Å². The summed E-state index contributed by atoms with van der Waals surface area (Å²) in [5, 5.41) is 11.4. The maximum atomic E-state index is 13.8. The zero-order valence-electron chi connectivity index (χ0n) is 20.9. The molecule has 4 aliphatic rings. The summed E-state index contributed by atoms with van der Waals surface area (Å²) >= 11 is 0. The molecule has 1 N–H and O–H groups in total. The summed E-state index contributed by atoms with van der Waals surface area (Å²) in [5.74, 6) is 2.15. The first-order valence-electron chi connectivity index (χ1n) is 14.0. The van der Waals surface area contributed by atoms with Crippen LogP contribution in [0, 0.1) is 18.8 Å². The lowest BCUT2D eigenvalue weighted by molar-refractivity contribution is -0.104. The van der Waals surface area contributed by atoms with Crippen LogP contribution in [0.4, 0.5) is 0 Å². The summed E-state index contributed by atoms with van der Waals surface area (Å²) in [5.41, 5.74) is 0.551. The molecule has 35 heavy (non-hydrogen) atoms. The Morgan fingerprint density at radius 1 is 0.914 bits per heavy atom. The van der Waals surface area contributed by atoms with Crippen LogP contribution < -0.4 is 5.56 Å². The molecule has 2 saturated carbocycles. The number of para-hydroxylation sites is 1. The number of rotatable bonds is 5. The molecular formula is C29H40N3O3+. The molecule has 1 aromatic carbocycles. The van der Waals surface area contributed by atoms with E-state index in [9.17, 15) is 9.90 Å². The van der Waals surface area contributed by atoms with Crippen LogP contribution in [-0.4, -0.2) is 44.3 Å². The predicted molar refractivity (Wildman–Crippen MR) is 137 cm³/mol. The number of ether oxygens (including phenoxy) is 1. The molecule has 6 nitrogen and oxygen atoms in total. The van der Waals surface area contributed by atoms with Crippen LogP contribution in [0.15, 0.2) is 29.1 Å². The molecule has 0 amide bonds. The van der Waals surface area contributed by atoms with Crippen LogP contribution in [0.5, 0.6) is 0 Å². The van der Waals surface area contributed by atoms with Crippen molar-refractivity contribution in [3.63, 3.8) is 0 Å². The Morgan fingerprint density at radius 3 is 2.29 bits per heavy atom. The lowest BCUT2D eigenvalue weighted by Gasteiger charge is -2.54. The quantitative estimate of drug-likeness (QED) is 0.475. The second kappa shape index (κ2) is 9.87. The number of aliphatic hydroxyl groups is 1. The molecule has 2 aliphatic heterocycles. The Hall–Kier alpha value is -1.89. The molecule has 4 fully saturated rings. The number of aromatic nitrogens is 2. The molecule has 188 valence electrons. The third-order valence-electron chi connectivity index (χ3n) is 9.48. The normalized spacial score (nSPS) is 34.4. The number of hydrogen-bond donors (Lipinski definition) is 1. The molecule has 5 unspecified atom stereocenters. The van der Waals surface area contributed by atoms with Crippen molar-refractivity contribution in [3.05, 3.63) is 47.4 Å². The molecular weight excluding hydrogens is 438 g/mol. The largest absolute Gasteiger partial charge is 0.362 e. The van der Waals surface area contributed by atoms with Crippen molar-refractivity contribution in [2.45, 2.75) is 108 Å². The van der Waals surface area contributed by atoms with Gasteiger partial charge in [-0.15, -0.1) is 0 Å². The highest BCUT2D eigenvalue weighted by molar-refractivity contribution is 5.77. The van der Waals surface area contributed by atoms with E-state index in [0.29, 0.717) is 34.9 Å². The van der Waals surface area contributed by atoms with Crippen LogP contribution >= 0.6 is 0 Å². The summed E-state index contributed by atoms with van der Waals surface area (Å²) in [7, 11) is 0. The summed E-state index contributed by atoms with van der Waals surface area (Å²) in [6.45, 7) is 3.84. The topological polar surface area (TPSA) is 67.6 Å². The monoisotopic (exact) mass is 478 g/mol. The Bertz CT molecular complexity index is 1070. The third-order valence-corrected chi connectivity index (χ3v) is 9.48. The van der Waals surface area contributed by atoms with Crippen molar-refractivity contribution in [3.8, 4) is 0 Å². The molecule has 4 bridgehead atoms. The smallest absolute Gasteiger partial charge is 0.261 e. The maximum Gasteiger partial charge on any atom is 0.261 e. The van der Waals surface area contributed by atoms with E-state index >= 15 is 0 Å². The van der Waals surface area contributed by atoms with Crippen LogP contribution in [0.3, 0.4) is 0 Å². The fourth-order valence-electron chi connectivity index (χ4n) is 8.18. The van der Waals surface area contributed by atoms with E-state index in [0.717, 1.165) is 24.7 Å². The molecule has 2 saturated heterocycles. The van der Waals surface area contributed by atoms with Gasteiger partial charge in [-0.25, -0.2) is 4.98 Å². The van der Waals surface area contributed by atoms with Crippen LogP contribution in [-0.2, 0) is 4.74 Å². The highest BCUT2D eigenvalue weighted by Crippen LogP contribution is 2.47. The minimum absolute atomic E-state index is 0.0371. The molecule has 6 heteroatoms. The van der Waals surface area contributed by atoms with Gasteiger partial charge in [0.25, 0.3) is 5.56 Å². The lowest BCUT2D eigenvalue weighted by Crippen LogP contribution is -2.58. The van der Waals surface area contributed by atoms with Gasteiger partial charge >= 0.3 is 0 Å². The number of benzene rings is 1. The van der Waals surface area contributed by atoms with E-state index in [1.807, 2.05) is 24.3 Å². The summed E-state index contributed by atoms with van der Waals surface area (Å²) < 4.78 is 7.22. The molecule has 0 radical (unpaired) electrons. The molecule has 2 aromatic rings. The van der Waals surface area contributed by atoms with Gasteiger partial charge in [0, 0.05) is 24.2 Å². The van der Waals surface area contributed by atoms with Gasteiger partial charge in [-0.05, 0) is 68.9 Å². The summed E-state index contributed by atoms with van der Waals surface area (Å²) in [6.07, 6.45) is 14.2. The van der Waals surface area contributed by atoms with E-state index in [-0.39, 0.29) is 18.2 Å². The minimum atomic E-state index is -1.25. The second-order valence-electron chi connectivity index (χ2n) is 11.6. The van der Waals surface area contributed by atoms with E-state index in [4.69, 9.17) is 9.72 Å². The average Bonchev–Trinajstić information content (AvgIpc) is 3.02. The number of fused-ring (bicyclic) bond motifs is 5. The number of hydrogen-bond acceptors (Lipinski definition) is 5. The Morgan fingerprint density at radius 2 is 1.60 bits per heavy atom. The first-order valence-corrected chi connectivity index (χ1v) is 14.0. The summed E-state index contributed by atoms with van der Waals surface area (Å²) in [4.78, 5) is 21.4. The molecule has 5 atom stereocenters. The fraction of sp³-hybridized carbons (Fsp3) is 0.690. The van der Waals surface area contributed by atoms with Crippen molar-refractivity contribution < 1.29 is 9.84 Å². The Labute approximate surface area is 208 Å². The minimum Gasteiger partial charge on any atom is -0.362 e. The van der Waals surface area contributed by atoms with E-state index in [2.05, 4.69) is 11.8 Å². The third kappa shape index (κ3) is 4.42. The summed E-state index contributed by atoms with van der Waals surface area (Å²) in [6, 6.07) is 9.21. The highest BCUT2D eigenvalue weighted by Gasteiger charge is 2.45. The van der Waals surface area contributed by atoms with Gasteiger partial charge < -0.3 is 9.84 Å². The van der Waals surface area contributed by atoms with Crippen molar-refractivity contribution in [2.75, 3.05) is 6.61 Å². The van der Waals surface area contributed by atoms with Gasteiger partial charge in [0.1, 0.15) is 0 Å². The van der Waals surface area contributed by atoms with E-state index < -0.39 is 6.29 Å². The van der Waals surface area contributed by atoms with Gasteiger partial charge in [-0.1, -0.05) is 44.2 Å². The zero-order valence-corrected chi connectivity index (χ0v) is 20.9. The van der Waals surface area contributed by atoms with Crippen molar-refractivity contribution in [2.24, 2.45) is 11.8 Å². The highest BCUT2D eigenvalue weighted by atomic mass is 16.6. The average molecular weight is 479 g/mol. The molecule has 2 aliphatic carbocycles. The van der Waals surface area contributed by atoms with Gasteiger partial charge in [-0.3, -0.25) is 14.3 Å². The lowest BCUT2D eigenvalue weighted by atomic mass is 9.73. The Balaban J connectivity index is 1.33.